The maximum Gasteiger partial charge on any atom is 0.238 e. The molecule has 1 amide bonds. The van der Waals surface area contributed by atoms with Crippen LogP contribution in [0.25, 0.3) is 0 Å². The number of anilines is 2. The third-order valence-corrected chi connectivity index (χ3v) is 3.81. The van der Waals surface area contributed by atoms with Gasteiger partial charge in [0.25, 0.3) is 0 Å². The van der Waals surface area contributed by atoms with E-state index in [2.05, 4.69) is 17.1 Å². The molecule has 1 fully saturated rings. The average molecular weight is 282 g/mol. The molecule has 5 heteroatoms. The zero-order valence-electron chi connectivity index (χ0n) is 11.2. The smallest absolute Gasteiger partial charge is 0.238 e. The molecule has 0 aromatic heterocycles. The molecular weight excluding hydrogens is 262 g/mol. The fourth-order valence-electron chi connectivity index (χ4n) is 2.40. The lowest BCUT2D eigenvalue weighted by Gasteiger charge is -2.32. The molecule has 0 aliphatic carbocycles. The number of nitrogens with zero attached hydrogens (tertiary/aromatic N) is 1. The number of hydrogen-bond acceptors (Lipinski definition) is 3. The van der Waals surface area contributed by atoms with Gasteiger partial charge in [-0.25, -0.2) is 0 Å². The van der Waals surface area contributed by atoms with Gasteiger partial charge in [0.1, 0.15) is 0 Å². The Morgan fingerprint density at radius 1 is 1.53 bits per heavy atom. The fourth-order valence-corrected chi connectivity index (χ4v) is 2.58. The van der Waals surface area contributed by atoms with Crippen LogP contribution in [0.15, 0.2) is 18.2 Å². The van der Waals surface area contributed by atoms with Crippen molar-refractivity contribution in [3.63, 3.8) is 0 Å². The third kappa shape index (κ3) is 3.85. The molecule has 2 rings (SSSR count). The molecule has 1 saturated heterocycles. The van der Waals surface area contributed by atoms with Gasteiger partial charge in [-0.3, -0.25) is 9.69 Å². The van der Waals surface area contributed by atoms with Crippen molar-refractivity contribution in [2.75, 3.05) is 24.1 Å². The summed E-state index contributed by atoms with van der Waals surface area (Å²) in [5.74, 6) is -0.0392. The van der Waals surface area contributed by atoms with Crippen molar-refractivity contribution in [3.8, 4) is 0 Å². The lowest BCUT2D eigenvalue weighted by molar-refractivity contribution is -0.118. The molecule has 1 aliphatic rings. The number of carbonyl (C=O) groups is 1. The third-order valence-electron chi connectivity index (χ3n) is 3.58. The first-order valence-electron chi connectivity index (χ1n) is 6.65. The number of benzene rings is 1. The summed E-state index contributed by atoms with van der Waals surface area (Å²) in [5.41, 5.74) is 6.93. The van der Waals surface area contributed by atoms with Crippen LogP contribution < -0.4 is 11.1 Å². The zero-order valence-corrected chi connectivity index (χ0v) is 11.9. The predicted molar refractivity (Wildman–Crippen MR) is 79.4 cm³/mol. The molecule has 1 aliphatic heterocycles. The molecule has 104 valence electrons. The number of hydrogen-bond donors (Lipinski definition) is 2. The van der Waals surface area contributed by atoms with E-state index < -0.39 is 0 Å². The molecule has 1 heterocycles. The van der Waals surface area contributed by atoms with Gasteiger partial charge < -0.3 is 11.1 Å². The Bertz CT molecular complexity index is 464. The quantitative estimate of drug-likeness (QED) is 0.838. The average Bonchev–Trinajstić information content (AvgIpc) is 2.37. The van der Waals surface area contributed by atoms with Crippen LogP contribution in [-0.4, -0.2) is 29.9 Å². The molecule has 0 bridgehead atoms. The van der Waals surface area contributed by atoms with Gasteiger partial charge in [-0.1, -0.05) is 18.0 Å². The number of likely N-dealkylation sites (tertiary alicyclic amines) is 1. The van der Waals surface area contributed by atoms with Gasteiger partial charge in [0, 0.05) is 11.1 Å². The largest absolute Gasteiger partial charge is 0.397 e. The van der Waals surface area contributed by atoms with E-state index in [1.807, 2.05) is 0 Å². The molecule has 3 N–H and O–H groups in total. The van der Waals surface area contributed by atoms with Crippen molar-refractivity contribution < 1.29 is 4.79 Å². The van der Waals surface area contributed by atoms with E-state index >= 15 is 0 Å². The Morgan fingerprint density at radius 2 is 2.32 bits per heavy atom. The van der Waals surface area contributed by atoms with Gasteiger partial charge in [0.05, 0.1) is 17.9 Å². The highest BCUT2D eigenvalue weighted by atomic mass is 35.5. The van der Waals surface area contributed by atoms with Crippen LogP contribution in [0.3, 0.4) is 0 Å². The summed E-state index contributed by atoms with van der Waals surface area (Å²) in [6.45, 7) is 3.56. The van der Waals surface area contributed by atoms with Crippen LogP contribution in [0.5, 0.6) is 0 Å². The van der Waals surface area contributed by atoms with Crippen LogP contribution >= 0.6 is 11.6 Å². The van der Waals surface area contributed by atoms with E-state index in [9.17, 15) is 4.79 Å². The van der Waals surface area contributed by atoms with Gasteiger partial charge >= 0.3 is 0 Å². The van der Waals surface area contributed by atoms with E-state index in [0.717, 1.165) is 19.4 Å². The highest BCUT2D eigenvalue weighted by Crippen LogP contribution is 2.23. The number of nitrogens with one attached hydrogen (secondary N) is 1. The lowest BCUT2D eigenvalue weighted by atomic mass is 10.0. The number of nitrogen functional groups attached to an aromatic ring is 1. The molecule has 0 radical (unpaired) electrons. The molecule has 1 atom stereocenters. The Morgan fingerprint density at radius 3 is 3.05 bits per heavy atom. The minimum atomic E-state index is -0.0392. The lowest BCUT2D eigenvalue weighted by Crippen LogP contribution is -2.42. The van der Waals surface area contributed by atoms with E-state index in [0.29, 0.717) is 29.0 Å². The molecule has 1 aromatic rings. The van der Waals surface area contributed by atoms with Crippen molar-refractivity contribution in [2.45, 2.75) is 32.2 Å². The van der Waals surface area contributed by atoms with Crippen molar-refractivity contribution >= 4 is 28.9 Å². The fraction of sp³-hybridized carbons (Fsp3) is 0.500. The number of piperidine rings is 1. The van der Waals surface area contributed by atoms with E-state index in [4.69, 9.17) is 17.3 Å². The highest BCUT2D eigenvalue weighted by molar-refractivity contribution is 6.31. The van der Waals surface area contributed by atoms with Crippen LogP contribution in [0.2, 0.25) is 5.02 Å². The molecule has 0 saturated carbocycles. The number of rotatable bonds is 3. The summed E-state index contributed by atoms with van der Waals surface area (Å²) < 4.78 is 0. The first-order chi connectivity index (χ1) is 9.06. The first kappa shape index (κ1) is 14.2. The van der Waals surface area contributed by atoms with Crippen LogP contribution in [-0.2, 0) is 4.79 Å². The second kappa shape index (κ2) is 6.26. The van der Waals surface area contributed by atoms with E-state index in [1.165, 1.54) is 6.42 Å². The maximum atomic E-state index is 12.0. The number of nitrogens with two attached hydrogens (primary N) is 1. The molecule has 0 spiro atoms. The van der Waals surface area contributed by atoms with Crippen molar-refractivity contribution in [1.29, 1.82) is 0 Å². The van der Waals surface area contributed by atoms with Gasteiger partial charge in [-0.05, 0) is 44.5 Å². The minimum absolute atomic E-state index is 0.0392. The predicted octanol–water partition coefficient (Wildman–Crippen LogP) is 2.74. The summed E-state index contributed by atoms with van der Waals surface area (Å²) in [6.07, 6.45) is 3.57. The summed E-state index contributed by atoms with van der Waals surface area (Å²) in [4.78, 5) is 14.2. The Labute approximate surface area is 118 Å². The van der Waals surface area contributed by atoms with Gasteiger partial charge in [-0.2, -0.15) is 0 Å². The van der Waals surface area contributed by atoms with Gasteiger partial charge in [0.2, 0.25) is 5.91 Å². The number of amides is 1. The van der Waals surface area contributed by atoms with Gasteiger partial charge in [0.15, 0.2) is 0 Å². The second-order valence-electron chi connectivity index (χ2n) is 5.10. The summed E-state index contributed by atoms with van der Waals surface area (Å²) in [7, 11) is 0. The van der Waals surface area contributed by atoms with Crippen LogP contribution in [0, 0.1) is 0 Å². The van der Waals surface area contributed by atoms with Crippen molar-refractivity contribution in [3.05, 3.63) is 23.2 Å². The van der Waals surface area contributed by atoms with Gasteiger partial charge in [-0.15, -0.1) is 0 Å². The molecule has 1 aromatic carbocycles. The van der Waals surface area contributed by atoms with Crippen LogP contribution in [0.4, 0.5) is 11.4 Å². The van der Waals surface area contributed by atoms with E-state index in [-0.39, 0.29) is 5.91 Å². The van der Waals surface area contributed by atoms with Crippen molar-refractivity contribution in [1.82, 2.24) is 4.90 Å². The molecule has 4 nitrogen and oxygen atoms in total. The first-order valence-corrected chi connectivity index (χ1v) is 7.03. The summed E-state index contributed by atoms with van der Waals surface area (Å²) in [6, 6.07) is 5.55. The molecular formula is C14H20ClN3O. The van der Waals surface area contributed by atoms with E-state index in [1.54, 1.807) is 18.2 Å². The second-order valence-corrected chi connectivity index (χ2v) is 5.53. The maximum absolute atomic E-state index is 12.0. The van der Waals surface area contributed by atoms with Crippen LogP contribution in [0.1, 0.15) is 26.2 Å². The zero-order chi connectivity index (χ0) is 13.8. The SMILES string of the molecule is CC1CCCCN1CC(=O)Nc1cc(Cl)ccc1N. The molecule has 1 unspecified atom stereocenters. The Hall–Kier alpha value is -1.26. The Balaban J connectivity index is 1.95. The number of carbonyl (C=O) groups excluding carboxylic acids is 1. The minimum Gasteiger partial charge on any atom is -0.397 e. The summed E-state index contributed by atoms with van der Waals surface area (Å²) in [5, 5.41) is 3.39. The normalized spacial score (nSPS) is 20.2. The summed E-state index contributed by atoms with van der Waals surface area (Å²) >= 11 is 5.90. The monoisotopic (exact) mass is 281 g/mol. The number of halogens is 1. The topological polar surface area (TPSA) is 58.4 Å². The molecule has 19 heavy (non-hydrogen) atoms. The standard InChI is InChI=1S/C14H20ClN3O/c1-10-4-2-3-7-18(10)9-14(19)17-13-8-11(15)5-6-12(13)16/h5-6,8,10H,2-4,7,9,16H2,1H3,(H,17,19). The van der Waals surface area contributed by atoms with Crippen molar-refractivity contribution in [2.24, 2.45) is 0 Å². The highest BCUT2D eigenvalue weighted by Gasteiger charge is 2.20. The Kier molecular flexibility index (Phi) is 4.66.